The van der Waals surface area contributed by atoms with E-state index in [1.807, 2.05) is 12.3 Å². The van der Waals surface area contributed by atoms with Crippen LogP contribution in [0.1, 0.15) is 36.3 Å². The highest BCUT2D eigenvalue weighted by molar-refractivity contribution is 7.96. The lowest BCUT2D eigenvalue weighted by atomic mass is 10.0. The number of carbonyl (C=O) groups excluding carboxylic acids is 1. The zero-order chi connectivity index (χ0) is 33.7. The number of allylic oxidation sites excluding steroid dienone is 3. The number of alkyl halides is 1. The summed E-state index contributed by atoms with van der Waals surface area (Å²) in [5.74, 6) is -1.56. The first-order valence-electron chi connectivity index (χ1n) is 15.0. The van der Waals surface area contributed by atoms with Crippen LogP contribution in [0.25, 0.3) is 17.8 Å². The standard InChI is InChI=1S/C32H36F4N6O4S/c1-4-22(33)30(18(2)9-10-44-27-8-6-5-7-23(27)34)42-32(37)21(14-38-42)31(43)26-11-19-12-28(45-17-29(35)46-36)25(13-24(19)40-26)39-20-15-41(16-20)47-3/h5-9,11-14,20,25,28-29,39-40H,4,10,15-17,37H2,1-3H3/b18-9-,30-22-. The third-order valence-electron chi connectivity index (χ3n) is 7.89. The van der Waals surface area contributed by atoms with Crippen molar-refractivity contribution in [1.82, 2.24) is 24.4 Å². The van der Waals surface area contributed by atoms with Crippen LogP contribution in [0.15, 0.2) is 54.0 Å². The molecular weight excluding hydrogens is 640 g/mol. The molecule has 10 nitrogen and oxygen atoms in total. The van der Waals surface area contributed by atoms with Crippen LogP contribution in [-0.4, -0.2) is 82.0 Å². The summed E-state index contributed by atoms with van der Waals surface area (Å²) in [6.07, 6.45) is 5.50. The fourth-order valence-electron chi connectivity index (χ4n) is 5.35. The molecule has 0 amide bonds. The molecule has 0 saturated carbocycles. The molecule has 1 aliphatic heterocycles. The Hall–Kier alpha value is -3.89. The fourth-order valence-corrected chi connectivity index (χ4v) is 6.00. The zero-order valence-electron chi connectivity index (χ0n) is 26.0. The minimum Gasteiger partial charge on any atom is -0.486 e. The predicted octanol–water partition coefficient (Wildman–Crippen LogP) is 3.81. The van der Waals surface area contributed by atoms with Crippen molar-refractivity contribution in [3.63, 3.8) is 0 Å². The van der Waals surface area contributed by atoms with Gasteiger partial charge in [0, 0.05) is 24.5 Å². The van der Waals surface area contributed by atoms with E-state index in [9.17, 15) is 18.1 Å². The number of fused-ring (bicyclic) bond motifs is 1. The van der Waals surface area contributed by atoms with Gasteiger partial charge in [-0.05, 0) is 71.3 Å². The Bertz CT molecular complexity index is 1770. The molecule has 0 bridgehead atoms. The molecule has 5 rings (SSSR count). The molecule has 1 aliphatic carbocycles. The summed E-state index contributed by atoms with van der Waals surface area (Å²) in [6.45, 7) is 4.18. The fraction of sp³-hybridized carbons (Fsp3) is 0.375. The average Bonchev–Trinajstić information content (AvgIpc) is 3.64. The zero-order valence-corrected chi connectivity index (χ0v) is 26.8. The topological polar surface area (TPSA) is 120 Å². The molecule has 252 valence electrons. The number of carbonyl (C=O) groups is 1. The lowest BCUT2D eigenvalue weighted by molar-refractivity contribution is -0.242. The summed E-state index contributed by atoms with van der Waals surface area (Å²) < 4.78 is 69.4. The van der Waals surface area contributed by atoms with Gasteiger partial charge in [0.15, 0.2) is 11.6 Å². The smallest absolute Gasteiger partial charge is 0.259 e. The second-order valence-corrected chi connectivity index (χ2v) is 11.9. The van der Waals surface area contributed by atoms with Gasteiger partial charge in [-0.3, -0.25) is 4.79 Å². The Morgan fingerprint density at radius 3 is 2.77 bits per heavy atom. The number of benzene rings is 1. The number of hydrogen-bond donors (Lipinski definition) is 3. The molecule has 1 saturated heterocycles. The lowest BCUT2D eigenvalue weighted by Gasteiger charge is -2.40. The SMILES string of the molecule is CC/C(F)=C(\C(C)=C/COc1ccccc1F)n1ncc(C(=O)c2cc3c([nH]2)=CC(NC2CN(SC)C2)C(OCC(F)OF)C=3)c1N. The lowest BCUT2D eigenvalue weighted by Crippen LogP contribution is -2.60. The number of nitrogens with zero attached hydrogens (tertiary/aromatic N) is 3. The number of nitrogens with one attached hydrogen (secondary N) is 2. The molecule has 1 aromatic carbocycles. The van der Waals surface area contributed by atoms with Gasteiger partial charge in [-0.25, -0.2) is 22.2 Å². The highest BCUT2D eigenvalue weighted by atomic mass is 32.2. The Morgan fingerprint density at radius 1 is 1.30 bits per heavy atom. The summed E-state index contributed by atoms with van der Waals surface area (Å²) in [7, 11) is 0. The van der Waals surface area contributed by atoms with E-state index < -0.39 is 42.5 Å². The van der Waals surface area contributed by atoms with E-state index in [1.54, 1.807) is 56.1 Å². The van der Waals surface area contributed by atoms with Gasteiger partial charge in [0.05, 0.1) is 29.6 Å². The highest BCUT2D eigenvalue weighted by Gasteiger charge is 2.32. The summed E-state index contributed by atoms with van der Waals surface area (Å²) >= 11 is 1.63. The van der Waals surface area contributed by atoms with E-state index in [1.165, 1.54) is 18.3 Å². The summed E-state index contributed by atoms with van der Waals surface area (Å²) in [5, 5.41) is 8.95. The van der Waals surface area contributed by atoms with Crippen molar-refractivity contribution in [2.24, 2.45) is 0 Å². The number of para-hydroxylation sites is 1. The van der Waals surface area contributed by atoms with E-state index in [0.717, 1.165) is 17.8 Å². The predicted molar refractivity (Wildman–Crippen MR) is 172 cm³/mol. The average molecular weight is 677 g/mol. The van der Waals surface area contributed by atoms with Crippen molar-refractivity contribution < 1.29 is 36.9 Å². The molecule has 4 N–H and O–H groups in total. The summed E-state index contributed by atoms with van der Waals surface area (Å²) in [4.78, 5) is 20.0. The number of nitrogen functional groups attached to an aromatic ring is 1. The van der Waals surface area contributed by atoms with Gasteiger partial charge in [-0.1, -0.05) is 31.0 Å². The number of H-pyrrole nitrogens is 1. The maximum absolute atomic E-state index is 15.2. The summed E-state index contributed by atoms with van der Waals surface area (Å²) in [6, 6.07) is 7.29. The van der Waals surface area contributed by atoms with Crippen LogP contribution >= 0.6 is 11.9 Å². The number of halogens is 4. The molecular formula is C32H36F4N6O4S. The van der Waals surface area contributed by atoms with Crippen LogP contribution in [0.4, 0.5) is 23.5 Å². The van der Waals surface area contributed by atoms with Crippen molar-refractivity contribution in [1.29, 1.82) is 0 Å². The number of ether oxygens (including phenoxy) is 2. The van der Waals surface area contributed by atoms with Gasteiger partial charge in [0.2, 0.25) is 5.78 Å². The molecule has 2 aromatic heterocycles. The van der Waals surface area contributed by atoms with Crippen molar-refractivity contribution in [3.8, 4) is 5.75 Å². The number of ketones is 1. The van der Waals surface area contributed by atoms with E-state index in [2.05, 4.69) is 24.6 Å². The number of nitrogens with two attached hydrogens (primary N) is 1. The first kappa shape index (κ1) is 34.4. The van der Waals surface area contributed by atoms with Crippen LogP contribution in [-0.2, 0) is 9.68 Å². The molecule has 3 aromatic rings. The molecule has 2 aliphatic rings. The van der Waals surface area contributed by atoms with Gasteiger partial charge in [-0.2, -0.15) is 10.0 Å². The number of anilines is 1. The molecule has 3 atom stereocenters. The Labute approximate surface area is 272 Å². The molecule has 15 heteroatoms. The van der Waals surface area contributed by atoms with Gasteiger partial charge >= 0.3 is 0 Å². The van der Waals surface area contributed by atoms with Crippen LogP contribution in [0.5, 0.6) is 5.75 Å². The quantitative estimate of drug-likeness (QED) is 0.0956. The number of aromatic nitrogens is 3. The molecule has 0 spiro atoms. The maximum Gasteiger partial charge on any atom is 0.259 e. The summed E-state index contributed by atoms with van der Waals surface area (Å²) in [5.41, 5.74) is 7.07. The van der Waals surface area contributed by atoms with Crippen LogP contribution < -0.4 is 26.4 Å². The van der Waals surface area contributed by atoms with Crippen LogP contribution in [0.3, 0.4) is 0 Å². The highest BCUT2D eigenvalue weighted by Crippen LogP contribution is 2.28. The normalized spacial score (nSPS) is 19.7. The van der Waals surface area contributed by atoms with E-state index in [-0.39, 0.29) is 47.6 Å². The number of aromatic amines is 1. The Kier molecular flexibility index (Phi) is 11.2. The van der Waals surface area contributed by atoms with Crippen molar-refractivity contribution in [2.45, 2.75) is 44.8 Å². The number of hydrogen-bond acceptors (Lipinski definition) is 9. The molecule has 3 unspecified atom stereocenters. The Morgan fingerprint density at radius 2 is 2.06 bits per heavy atom. The van der Waals surface area contributed by atoms with Gasteiger partial charge in [0.25, 0.3) is 6.36 Å². The molecule has 1 fully saturated rings. The second kappa shape index (κ2) is 15.3. The minimum absolute atomic E-state index is 0.0293. The van der Waals surface area contributed by atoms with Crippen LogP contribution in [0, 0.1) is 5.82 Å². The van der Waals surface area contributed by atoms with E-state index in [4.69, 9.17) is 15.2 Å². The van der Waals surface area contributed by atoms with Crippen molar-refractivity contribution in [3.05, 3.63) is 81.6 Å². The third kappa shape index (κ3) is 7.81. The van der Waals surface area contributed by atoms with Gasteiger partial charge in [0.1, 0.15) is 30.6 Å². The third-order valence-corrected chi connectivity index (χ3v) is 8.70. The maximum atomic E-state index is 15.2. The Balaban J connectivity index is 1.39. The monoisotopic (exact) mass is 676 g/mol. The first-order chi connectivity index (χ1) is 22.6. The molecule has 3 heterocycles. The first-order valence-corrected chi connectivity index (χ1v) is 16.1. The van der Waals surface area contributed by atoms with E-state index in [0.29, 0.717) is 16.1 Å². The molecule has 47 heavy (non-hydrogen) atoms. The van der Waals surface area contributed by atoms with E-state index >= 15 is 4.39 Å². The van der Waals surface area contributed by atoms with Crippen molar-refractivity contribution in [2.75, 3.05) is 38.3 Å². The van der Waals surface area contributed by atoms with Gasteiger partial charge < -0.3 is 25.5 Å². The minimum atomic E-state index is -2.24. The van der Waals surface area contributed by atoms with Gasteiger partial charge in [-0.15, -0.1) is 0 Å². The molecule has 0 radical (unpaired) electrons. The second-order valence-electron chi connectivity index (χ2n) is 11.0. The number of rotatable bonds is 15. The van der Waals surface area contributed by atoms with Crippen LogP contribution in [0.2, 0.25) is 0 Å². The largest absolute Gasteiger partial charge is 0.486 e. The van der Waals surface area contributed by atoms with Crippen molar-refractivity contribution >= 4 is 41.4 Å².